The van der Waals surface area contributed by atoms with Gasteiger partial charge < -0.3 is 15.5 Å². The van der Waals surface area contributed by atoms with Crippen LogP contribution in [-0.4, -0.2) is 44.0 Å². The van der Waals surface area contributed by atoms with Gasteiger partial charge >= 0.3 is 0 Å². The molecule has 0 spiro atoms. The molecule has 0 aromatic heterocycles. The van der Waals surface area contributed by atoms with Crippen molar-refractivity contribution in [2.24, 2.45) is 0 Å². The van der Waals surface area contributed by atoms with Crippen molar-refractivity contribution in [3.05, 3.63) is 90.0 Å². The molecule has 0 bridgehead atoms. The van der Waals surface area contributed by atoms with Crippen LogP contribution in [0.3, 0.4) is 0 Å². The summed E-state index contributed by atoms with van der Waals surface area (Å²) >= 11 is 0. The van der Waals surface area contributed by atoms with Crippen molar-refractivity contribution >= 4 is 23.0 Å². The van der Waals surface area contributed by atoms with Crippen LogP contribution in [0.15, 0.2) is 78.9 Å². The lowest BCUT2D eigenvalue weighted by Gasteiger charge is -2.37. The van der Waals surface area contributed by atoms with E-state index in [4.69, 9.17) is 5.73 Å². The van der Waals surface area contributed by atoms with Gasteiger partial charge in [-0.3, -0.25) is 9.69 Å². The van der Waals surface area contributed by atoms with E-state index in [1.54, 1.807) is 29.2 Å². The Morgan fingerprint density at radius 1 is 0.867 bits per heavy atom. The fourth-order valence-electron chi connectivity index (χ4n) is 3.93. The Balaban J connectivity index is 1.46. The predicted octanol–water partition coefficient (Wildman–Crippen LogP) is 3.87. The van der Waals surface area contributed by atoms with Crippen LogP contribution in [0, 0.1) is 0 Å². The van der Waals surface area contributed by atoms with E-state index in [1.165, 1.54) is 5.56 Å². The lowest BCUT2D eigenvalue weighted by molar-refractivity contribution is 0.0993. The van der Waals surface area contributed by atoms with Crippen LogP contribution in [0.1, 0.15) is 15.9 Å². The Morgan fingerprint density at radius 2 is 1.50 bits per heavy atom. The molecule has 1 amide bonds. The SMILES string of the molecule is CN(C(=O)c1ccc(N)cc1)c1ccccc1N1CCN(Cc2ccccc2)CC1. The van der Waals surface area contributed by atoms with Gasteiger partial charge in [0.05, 0.1) is 11.4 Å². The summed E-state index contributed by atoms with van der Waals surface area (Å²) in [5, 5.41) is 0. The Hall–Kier alpha value is -3.31. The highest BCUT2D eigenvalue weighted by Gasteiger charge is 2.22. The molecule has 1 fully saturated rings. The van der Waals surface area contributed by atoms with Crippen LogP contribution in [0.5, 0.6) is 0 Å². The maximum atomic E-state index is 13.0. The van der Waals surface area contributed by atoms with Crippen molar-refractivity contribution in [3.8, 4) is 0 Å². The van der Waals surface area contributed by atoms with E-state index < -0.39 is 0 Å². The van der Waals surface area contributed by atoms with Gasteiger partial charge in [0.25, 0.3) is 5.91 Å². The summed E-state index contributed by atoms with van der Waals surface area (Å²) in [6.45, 7) is 4.85. The second-order valence-corrected chi connectivity index (χ2v) is 7.72. The fourth-order valence-corrected chi connectivity index (χ4v) is 3.93. The summed E-state index contributed by atoms with van der Waals surface area (Å²) in [6.07, 6.45) is 0. The average molecular weight is 401 g/mol. The first-order valence-electron chi connectivity index (χ1n) is 10.4. The van der Waals surface area contributed by atoms with E-state index in [0.29, 0.717) is 11.3 Å². The van der Waals surface area contributed by atoms with Gasteiger partial charge in [0.2, 0.25) is 0 Å². The number of hydrogen-bond donors (Lipinski definition) is 1. The normalized spacial score (nSPS) is 14.5. The van der Waals surface area contributed by atoms with Gasteiger partial charge in [-0.25, -0.2) is 0 Å². The molecule has 0 unspecified atom stereocenters. The monoisotopic (exact) mass is 400 g/mol. The second kappa shape index (κ2) is 9.01. The number of carbonyl (C=O) groups is 1. The highest BCUT2D eigenvalue weighted by Crippen LogP contribution is 2.30. The molecule has 4 rings (SSSR count). The molecule has 30 heavy (non-hydrogen) atoms. The molecule has 1 saturated heterocycles. The Morgan fingerprint density at radius 3 is 2.20 bits per heavy atom. The topological polar surface area (TPSA) is 52.8 Å². The van der Waals surface area contributed by atoms with Crippen molar-refractivity contribution in [3.63, 3.8) is 0 Å². The van der Waals surface area contributed by atoms with Crippen LogP contribution in [-0.2, 0) is 6.54 Å². The minimum absolute atomic E-state index is 0.0369. The number of carbonyl (C=O) groups excluding carboxylic acids is 1. The summed E-state index contributed by atoms with van der Waals surface area (Å²) in [7, 11) is 1.84. The third kappa shape index (κ3) is 4.47. The molecule has 0 aliphatic carbocycles. The molecule has 2 N–H and O–H groups in total. The minimum Gasteiger partial charge on any atom is -0.399 e. The maximum absolute atomic E-state index is 13.0. The lowest BCUT2D eigenvalue weighted by atomic mass is 10.1. The molecule has 1 heterocycles. The van der Waals surface area contributed by atoms with E-state index in [1.807, 2.05) is 25.2 Å². The Labute approximate surface area is 178 Å². The zero-order valence-corrected chi connectivity index (χ0v) is 17.4. The summed E-state index contributed by atoms with van der Waals surface area (Å²) in [5.74, 6) is -0.0369. The van der Waals surface area contributed by atoms with Crippen molar-refractivity contribution in [1.82, 2.24) is 4.90 Å². The average Bonchev–Trinajstić information content (AvgIpc) is 2.80. The van der Waals surface area contributed by atoms with E-state index in [9.17, 15) is 4.79 Å². The first-order chi connectivity index (χ1) is 14.6. The van der Waals surface area contributed by atoms with Crippen molar-refractivity contribution in [1.29, 1.82) is 0 Å². The van der Waals surface area contributed by atoms with E-state index in [0.717, 1.165) is 44.1 Å². The van der Waals surface area contributed by atoms with E-state index >= 15 is 0 Å². The molecule has 0 saturated carbocycles. The summed E-state index contributed by atoms with van der Waals surface area (Å²) in [4.78, 5) is 19.6. The molecule has 0 radical (unpaired) electrons. The number of nitrogens with zero attached hydrogens (tertiary/aromatic N) is 3. The van der Waals surface area contributed by atoms with Gasteiger partial charge in [-0.15, -0.1) is 0 Å². The number of rotatable bonds is 5. The van der Waals surface area contributed by atoms with Crippen LogP contribution in [0.25, 0.3) is 0 Å². The molecule has 3 aromatic rings. The van der Waals surface area contributed by atoms with Gasteiger partial charge in [-0.05, 0) is 42.0 Å². The number of hydrogen-bond acceptors (Lipinski definition) is 4. The third-order valence-corrected chi connectivity index (χ3v) is 5.67. The summed E-state index contributed by atoms with van der Waals surface area (Å²) in [6, 6.07) is 25.8. The largest absolute Gasteiger partial charge is 0.399 e. The number of nitrogen functional groups attached to an aromatic ring is 1. The van der Waals surface area contributed by atoms with Gasteiger partial charge in [-0.2, -0.15) is 0 Å². The number of amides is 1. The van der Waals surface area contributed by atoms with E-state index in [-0.39, 0.29) is 5.91 Å². The molecule has 5 nitrogen and oxygen atoms in total. The van der Waals surface area contributed by atoms with Crippen LogP contribution < -0.4 is 15.5 Å². The van der Waals surface area contributed by atoms with Gasteiger partial charge in [-0.1, -0.05) is 42.5 Å². The van der Waals surface area contributed by atoms with Crippen LogP contribution >= 0.6 is 0 Å². The summed E-state index contributed by atoms with van der Waals surface area (Å²) < 4.78 is 0. The Kier molecular flexibility index (Phi) is 6.00. The molecule has 1 aliphatic rings. The highest BCUT2D eigenvalue weighted by atomic mass is 16.2. The van der Waals surface area contributed by atoms with Crippen molar-refractivity contribution in [2.75, 3.05) is 48.8 Å². The molecule has 154 valence electrons. The molecular weight excluding hydrogens is 372 g/mol. The fraction of sp³-hybridized carbons (Fsp3) is 0.240. The van der Waals surface area contributed by atoms with Gasteiger partial charge in [0.15, 0.2) is 0 Å². The first-order valence-corrected chi connectivity index (χ1v) is 10.4. The third-order valence-electron chi connectivity index (χ3n) is 5.67. The lowest BCUT2D eigenvalue weighted by Crippen LogP contribution is -2.46. The van der Waals surface area contributed by atoms with Gasteiger partial charge in [0, 0.05) is 51.0 Å². The van der Waals surface area contributed by atoms with Gasteiger partial charge in [0.1, 0.15) is 0 Å². The van der Waals surface area contributed by atoms with Crippen molar-refractivity contribution < 1.29 is 4.79 Å². The molecule has 3 aromatic carbocycles. The van der Waals surface area contributed by atoms with Crippen molar-refractivity contribution in [2.45, 2.75) is 6.54 Å². The number of para-hydroxylation sites is 2. The van der Waals surface area contributed by atoms with Crippen LogP contribution in [0.4, 0.5) is 17.1 Å². The zero-order chi connectivity index (χ0) is 20.9. The van der Waals surface area contributed by atoms with E-state index in [2.05, 4.69) is 46.2 Å². The minimum atomic E-state index is -0.0369. The quantitative estimate of drug-likeness (QED) is 0.661. The molecule has 0 atom stereocenters. The standard InChI is InChI=1S/C25H28N4O/c1-27(25(30)21-11-13-22(26)14-12-21)23-9-5-6-10-24(23)29-17-15-28(16-18-29)19-20-7-3-2-4-8-20/h2-14H,15-19,26H2,1H3. The molecule has 1 aliphatic heterocycles. The molecular formula is C25H28N4O. The Bertz CT molecular complexity index is 980. The number of nitrogens with two attached hydrogens (primary N) is 1. The predicted molar refractivity (Wildman–Crippen MR) is 124 cm³/mol. The number of anilines is 3. The second-order valence-electron chi connectivity index (χ2n) is 7.72. The number of benzene rings is 3. The first kappa shape index (κ1) is 20.0. The zero-order valence-electron chi connectivity index (χ0n) is 17.4. The highest BCUT2D eigenvalue weighted by molar-refractivity contribution is 6.07. The number of piperazine rings is 1. The van der Waals surface area contributed by atoms with Crippen LogP contribution in [0.2, 0.25) is 0 Å². The maximum Gasteiger partial charge on any atom is 0.258 e. The molecule has 5 heteroatoms. The smallest absolute Gasteiger partial charge is 0.258 e. The summed E-state index contributed by atoms with van der Waals surface area (Å²) in [5.41, 5.74) is 10.4.